The molecule has 0 spiro atoms. The summed E-state index contributed by atoms with van der Waals surface area (Å²) >= 11 is 0. The molecule has 32 heavy (non-hydrogen) atoms. The van der Waals surface area contributed by atoms with E-state index >= 15 is 8.78 Å². The molecule has 0 radical (unpaired) electrons. The summed E-state index contributed by atoms with van der Waals surface area (Å²) in [7, 11) is -2.15. The van der Waals surface area contributed by atoms with Crippen LogP contribution in [0.1, 0.15) is 39.1 Å². The predicted molar refractivity (Wildman–Crippen MR) is 127 cm³/mol. The second-order valence-corrected chi connectivity index (χ2v) is 16.4. The van der Waals surface area contributed by atoms with Crippen LogP contribution < -0.4 is 5.46 Å². The smallest absolute Gasteiger partial charge is 0.399 e. The van der Waals surface area contributed by atoms with E-state index in [1.165, 1.54) is 6.07 Å². The highest BCUT2D eigenvalue weighted by atomic mass is 28.3. The lowest BCUT2D eigenvalue weighted by molar-refractivity contribution is 0.00578. The van der Waals surface area contributed by atoms with Gasteiger partial charge in [0.25, 0.3) is 0 Å². The van der Waals surface area contributed by atoms with Crippen molar-refractivity contribution in [3.8, 4) is 11.1 Å². The van der Waals surface area contributed by atoms with Crippen LogP contribution in [0.3, 0.4) is 0 Å². The van der Waals surface area contributed by atoms with Crippen molar-refractivity contribution in [2.75, 3.05) is 6.61 Å². The highest BCUT2D eigenvalue weighted by Crippen LogP contribution is 2.37. The van der Waals surface area contributed by atoms with E-state index in [0.29, 0.717) is 17.9 Å². The Kier molecular flexibility index (Phi) is 6.79. The van der Waals surface area contributed by atoms with Gasteiger partial charge in [0.15, 0.2) is 11.6 Å². The van der Waals surface area contributed by atoms with E-state index in [-0.39, 0.29) is 17.8 Å². The number of hydrogen-bond acceptors (Lipinski definition) is 4. The summed E-state index contributed by atoms with van der Waals surface area (Å²) in [6, 6.07) is 4.17. The largest absolute Gasteiger partial charge is 0.497 e. The molecule has 0 unspecified atom stereocenters. The SMILES string of the molecule is Cc1nn(COCC[Si](C)(C)C)c(C)c1-c1ccc(B2OC(C)(C)C(C)(C)O2)c(F)c1F. The number of aryl methyl sites for hydroxylation is 1. The summed E-state index contributed by atoms with van der Waals surface area (Å²) in [6.07, 6.45) is 0. The Morgan fingerprint density at radius 2 is 1.62 bits per heavy atom. The van der Waals surface area contributed by atoms with Gasteiger partial charge < -0.3 is 14.0 Å². The molecule has 9 heteroatoms. The van der Waals surface area contributed by atoms with Gasteiger partial charge in [-0.2, -0.15) is 5.10 Å². The third-order valence-electron chi connectivity index (χ3n) is 6.48. The minimum Gasteiger partial charge on any atom is -0.399 e. The molecule has 0 saturated carbocycles. The van der Waals surface area contributed by atoms with Crippen molar-refractivity contribution < 1.29 is 22.8 Å². The Morgan fingerprint density at radius 1 is 1.03 bits per heavy atom. The van der Waals surface area contributed by atoms with Gasteiger partial charge in [0.2, 0.25) is 0 Å². The normalized spacial score (nSPS) is 17.9. The molecule has 0 bridgehead atoms. The van der Waals surface area contributed by atoms with E-state index in [1.807, 2.05) is 34.6 Å². The van der Waals surface area contributed by atoms with Gasteiger partial charge in [0.05, 0.1) is 16.9 Å². The second kappa shape index (κ2) is 8.67. The van der Waals surface area contributed by atoms with Gasteiger partial charge >= 0.3 is 7.12 Å². The molecule has 2 aromatic rings. The number of rotatable bonds is 7. The Bertz CT molecular complexity index is 986. The first-order chi connectivity index (χ1) is 14.6. The van der Waals surface area contributed by atoms with Crippen LogP contribution in [-0.4, -0.2) is 42.8 Å². The van der Waals surface area contributed by atoms with Crippen LogP contribution in [0.4, 0.5) is 8.78 Å². The maximum absolute atomic E-state index is 15.2. The van der Waals surface area contributed by atoms with Gasteiger partial charge in [0.1, 0.15) is 6.73 Å². The molecule has 0 N–H and O–H groups in total. The summed E-state index contributed by atoms with van der Waals surface area (Å²) in [5.41, 5.74) is 0.894. The van der Waals surface area contributed by atoms with Crippen molar-refractivity contribution in [2.24, 2.45) is 0 Å². The van der Waals surface area contributed by atoms with E-state index in [2.05, 4.69) is 24.7 Å². The summed E-state index contributed by atoms with van der Waals surface area (Å²) < 4.78 is 49.7. The first-order valence-electron chi connectivity index (χ1n) is 11.1. The van der Waals surface area contributed by atoms with Gasteiger partial charge in [-0.3, -0.25) is 0 Å². The number of ether oxygens (including phenoxy) is 1. The molecular formula is C23H35BF2N2O3Si. The average Bonchev–Trinajstić information content (AvgIpc) is 3.04. The van der Waals surface area contributed by atoms with Crippen molar-refractivity contribution >= 4 is 20.7 Å². The third-order valence-corrected chi connectivity index (χ3v) is 8.18. The van der Waals surface area contributed by atoms with Gasteiger partial charge in [0, 0.05) is 37.0 Å². The zero-order valence-corrected chi connectivity index (χ0v) is 21.7. The lowest BCUT2D eigenvalue weighted by atomic mass is 9.77. The van der Waals surface area contributed by atoms with Gasteiger partial charge in [-0.05, 0) is 47.6 Å². The fraction of sp³-hybridized carbons (Fsp3) is 0.609. The van der Waals surface area contributed by atoms with Crippen molar-refractivity contribution in [1.29, 1.82) is 0 Å². The van der Waals surface area contributed by atoms with E-state index in [1.54, 1.807) is 17.7 Å². The van der Waals surface area contributed by atoms with Gasteiger partial charge in [-0.25, -0.2) is 13.5 Å². The maximum atomic E-state index is 15.2. The minimum absolute atomic E-state index is 0.0577. The number of benzene rings is 1. The van der Waals surface area contributed by atoms with E-state index in [0.717, 1.165) is 11.7 Å². The fourth-order valence-corrected chi connectivity index (χ4v) is 4.41. The molecule has 1 aromatic heterocycles. The topological polar surface area (TPSA) is 45.5 Å². The molecule has 1 aliphatic heterocycles. The zero-order chi connectivity index (χ0) is 24.1. The molecule has 0 aliphatic carbocycles. The van der Waals surface area contributed by atoms with E-state index in [9.17, 15) is 0 Å². The van der Waals surface area contributed by atoms with Crippen LogP contribution in [0, 0.1) is 25.5 Å². The lowest BCUT2D eigenvalue weighted by Gasteiger charge is -2.32. The summed E-state index contributed by atoms with van der Waals surface area (Å²) in [5, 5.41) is 4.49. The Morgan fingerprint density at radius 3 is 2.19 bits per heavy atom. The number of aromatic nitrogens is 2. The monoisotopic (exact) mass is 464 g/mol. The molecule has 1 aromatic carbocycles. The van der Waals surface area contributed by atoms with Crippen molar-refractivity contribution in [2.45, 2.75) is 85.2 Å². The highest BCUT2D eigenvalue weighted by Gasteiger charge is 2.52. The fourth-order valence-electron chi connectivity index (χ4n) is 3.65. The molecule has 1 saturated heterocycles. The Hall–Kier alpha value is -1.55. The molecule has 0 atom stereocenters. The summed E-state index contributed by atoms with van der Waals surface area (Å²) in [5.74, 6) is -1.89. The maximum Gasteiger partial charge on any atom is 0.497 e. The van der Waals surface area contributed by atoms with Crippen LogP contribution in [0.5, 0.6) is 0 Å². The highest BCUT2D eigenvalue weighted by molar-refractivity contribution is 6.76. The van der Waals surface area contributed by atoms with Crippen LogP contribution in [0.15, 0.2) is 12.1 Å². The molecule has 2 heterocycles. The van der Waals surface area contributed by atoms with E-state index in [4.69, 9.17) is 14.0 Å². The van der Waals surface area contributed by atoms with Crippen LogP contribution in [0.2, 0.25) is 25.7 Å². The zero-order valence-electron chi connectivity index (χ0n) is 20.7. The molecule has 1 fully saturated rings. The van der Waals surface area contributed by atoms with Crippen molar-refractivity contribution in [3.63, 3.8) is 0 Å². The molecule has 176 valence electrons. The molecule has 5 nitrogen and oxygen atoms in total. The number of nitrogens with zero attached hydrogens (tertiary/aromatic N) is 2. The number of hydrogen-bond donors (Lipinski definition) is 0. The van der Waals surface area contributed by atoms with Crippen LogP contribution in [0.25, 0.3) is 11.1 Å². The molecular weight excluding hydrogens is 429 g/mol. The first kappa shape index (κ1) is 25.1. The summed E-state index contributed by atoms with van der Waals surface area (Å²) in [6.45, 7) is 19.0. The third kappa shape index (κ3) is 4.86. The first-order valence-corrected chi connectivity index (χ1v) is 14.8. The quantitative estimate of drug-likeness (QED) is 0.425. The summed E-state index contributed by atoms with van der Waals surface area (Å²) in [4.78, 5) is 0. The minimum atomic E-state index is -1.18. The second-order valence-electron chi connectivity index (χ2n) is 10.8. The predicted octanol–water partition coefficient (Wildman–Crippen LogP) is 5.06. The molecule has 1 aliphatic rings. The lowest BCUT2D eigenvalue weighted by Crippen LogP contribution is -2.41. The van der Waals surface area contributed by atoms with Gasteiger partial charge in [-0.15, -0.1) is 0 Å². The van der Waals surface area contributed by atoms with E-state index < -0.39 is 38.0 Å². The van der Waals surface area contributed by atoms with Crippen LogP contribution in [-0.2, 0) is 20.8 Å². The number of halogens is 2. The van der Waals surface area contributed by atoms with Crippen molar-refractivity contribution in [3.05, 3.63) is 35.2 Å². The van der Waals surface area contributed by atoms with Gasteiger partial charge in [-0.1, -0.05) is 31.8 Å². The Labute approximate surface area is 191 Å². The standard InChI is InChI=1S/C23H35BF2N2O3Si/c1-15-19(16(2)28(27-15)14-29-12-13-32(7,8)9)17-10-11-18(21(26)20(17)25)24-30-22(3,4)23(5,6)31-24/h10-11H,12-14H2,1-9H3. The van der Waals surface area contributed by atoms with Crippen LogP contribution >= 0.6 is 0 Å². The molecule has 0 amide bonds. The van der Waals surface area contributed by atoms with Crippen molar-refractivity contribution in [1.82, 2.24) is 9.78 Å². The molecule has 3 rings (SSSR count). The average molecular weight is 464 g/mol. The Balaban J connectivity index is 1.85.